The lowest BCUT2D eigenvalue weighted by Crippen LogP contribution is -2.24. The van der Waals surface area contributed by atoms with Gasteiger partial charge in [0.15, 0.2) is 0 Å². The van der Waals surface area contributed by atoms with E-state index in [1.165, 1.54) is 0 Å². The largest absolute Gasteiger partial charge is 0.387 e. The van der Waals surface area contributed by atoms with Gasteiger partial charge in [0.1, 0.15) is 0 Å². The number of hydrogen-bond donors (Lipinski definition) is 2. The molecule has 2 unspecified atom stereocenters. The summed E-state index contributed by atoms with van der Waals surface area (Å²) >= 11 is 0. The average molecular weight is 202 g/mol. The Kier molecular flexibility index (Phi) is 2.66. The first-order valence-corrected chi connectivity index (χ1v) is 4.97. The number of pyridine rings is 1. The van der Waals surface area contributed by atoms with Gasteiger partial charge in [-0.25, -0.2) is 0 Å². The van der Waals surface area contributed by atoms with Gasteiger partial charge in [-0.1, -0.05) is 12.1 Å². The lowest BCUT2D eigenvalue weighted by molar-refractivity contribution is 0.153. The first kappa shape index (κ1) is 10.1. The zero-order valence-electron chi connectivity index (χ0n) is 8.59. The number of benzene rings is 1. The van der Waals surface area contributed by atoms with Crippen molar-refractivity contribution in [1.82, 2.24) is 4.98 Å². The molecule has 0 saturated carbocycles. The van der Waals surface area contributed by atoms with Crippen molar-refractivity contribution in [2.75, 3.05) is 0 Å². The van der Waals surface area contributed by atoms with Crippen molar-refractivity contribution in [3.8, 4) is 0 Å². The molecular weight excluding hydrogens is 188 g/mol. The van der Waals surface area contributed by atoms with E-state index in [2.05, 4.69) is 4.98 Å². The maximum Gasteiger partial charge on any atom is 0.0938 e. The van der Waals surface area contributed by atoms with E-state index < -0.39 is 6.10 Å². The fourth-order valence-corrected chi connectivity index (χ4v) is 1.58. The smallest absolute Gasteiger partial charge is 0.0938 e. The third kappa shape index (κ3) is 1.98. The summed E-state index contributed by atoms with van der Waals surface area (Å²) in [6.45, 7) is 1.79. The number of aromatic nitrogens is 1. The van der Waals surface area contributed by atoms with Crippen LogP contribution >= 0.6 is 0 Å². The number of hydrogen-bond acceptors (Lipinski definition) is 3. The van der Waals surface area contributed by atoms with Crippen molar-refractivity contribution in [3.63, 3.8) is 0 Å². The molecule has 78 valence electrons. The zero-order chi connectivity index (χ0) is 10.8. The molecule has 0 aliphatic carbocycles. The summed E-state index contributed by atoms with van der Waals surface area (Å²) in [6.07, 6.45) is 1.14. The highest BCUT2D eigenvalue weighted by molar-refractivity contribution is 5.79. The fourth-order valence-electron chi connectivity index (χ4n) is 1.58. The summed E-state index contributed by atoms with van der Waals surface area (Å²) in [5.41, 5.74) is 7.41. The highest BCUT2D eigenvalue weighted by Crippen LogP contribution is 2.20. The average Bonchev–Trinajstić information content (AvgIpc) is 2.27. The zero-order valence-corrected chi connectivity index (χ0v) is 8.59. The van der Waals surface area contributed by atoms with E-state index in [4.69, 9.17) is 5.73 Å². The SMILES string of the molecule is CC(N)C(O)c1ccc2ncccc2c1. The van der Waals surface area contributed by atoms with Crippen LogP contribution < -0.4 is 5.73 Å². The molecule has 0 fully saturated rings. The minimum Gasteiger partial charge on any atom is -0.387 e. The van der Waals surface area contributed by atoms with Gasteiger partial charge in [-0.15, -0.1) is 0 Å². The fraction of sp³-hybridized carbons (Fsp3) is 0.250. The van der Waals surface area contributed by atoms with Crippen molar-refractivity contribution in [3.05, 3.63) is 42.1 Å². The summed E-state index contributed by atoms with van der Waals surface area (Å²) in [5, 5.41) is 10.8. The van der Waals surface area contributed by atoms with Crippen LogP contribution in [0, 0.1) is 0 Å². The lowest BCUT2D eigenvalue weighted by Gasteiger charge is -2.15. The van der Waals surface area contributed by atoms with Gasteiger partial charge in [-0.2, -0.15) is 0 Å². The first-order chi connectivity index (χ1) is 7.18. The normalized spacial score (nSPS) is 15.1. The van der Waals surface area contributed by atoms with Crippen molar-refractivity contribution < 1.29 is 5.11 Å². The topological polar surface area (TPSA) is 59.1 Å². The van der Waals surface area contributed by atoms with E-state index in [1.807, 2.05) is 30.3 Å². The van der Waals surface area contributed by atoms with Crippen LogP contribution in [0.25, 0.3) is 10.9 Å². The molecule has 3 heteroatoms. The van der Waals surface area contributed by atoms with E-state index >= 15 is 0 Å². The molecule has 1 aromatic carbocycles. The second-order valence-electron chi connectivity index (χ2n) is 3.76. The predicted molar refractivity (Wildman–Crippen MR) is 60.4 cm³/mol. The van der Waals surface area contributed by atoms with Crippen LogP contribution in [-0.2, 0) is 0 Å². The molecule has 2 aromatic rings. The number of fused-ring (bicyclic) bond motifs is 1. The molecule has 0 aliphatic rings. The number of aliphatic hydroxyl groups is 1. The van der Waals surface area contributed by atoms with Gasteiger partial charge < -0.3 is 10.8 Å². The second kappa shape index (κ2) is 3.96. The molecule has 0 spiro atoms. The predicted octanol–water partition coefficient (Wildman–Crippen LogP) is 1.62. The highest BCUT2D eigenvalue weighted by atomic mass is 16.3. The molecule has 3 N–H and O–H groups in total. The van der Waals surface area contributed by atoms with Gasteiger partial charge in [-0.05, 0) is 30.7 Å². The van der Waals surface area contributed by atoms with Gasteiger partial charge >= 0.3 is 0 Å². The third-order valence-electron chi connectivity index (χ3n) is 2.47. The molecule has 0 radical (unpaired) electrons. The molecule has 0 saturated heterocycles. The molecule has 1 heterocycles. The molecule has 15 heavy (non-hydrogen) atoms. The highest BCUT2D eigenvalue weighted by Gasteiger charge is 2.12. The maximum atomic E-state index is 9.81. The quantitative estimate of drug-likeness (QED) is 0.778. The molecule has 0 bridgehead atoms. The molecule has 1 aromatic heterocycles. The van der Waals surface area contributed by atoms with Gasteiger partial charge in [-0.3, -0.25) is 4.98 Å². The molecule has 0 aliphatic heterocycles. The van der Waals surface area contributed by atoms with Crippen LogP contribution in [0.2, 0.25) is 0 Å². The summed E-state index contributed by atoms with van der Waals surface area (Å²) in [6, 6.07) is 9.28. The van der Waals surface area contributed by atoms with Gasteiger partial charge in [0.25, 0.3) is 0 Å². The van der Waals surface area contributed by atoms with Gasteiger partial charge in [0.2, 0.25) is 0 Å². The van der Waals surface area contributed by atoms with Crippen LogP contribution in [-0.4, -0.2) is 16.1 Å². The standard InChI is InChI=1S/C12H14N2O/c1-8(13)12(15)10-4-5-11-9(7-10)3-2-6-14-11/h2-8,12,15H,13H2,1H3. The van der Waals surface area contributed by atoms with Crippen molar-refractivity contribution >= 4 is 10.9 Å². The first-order valence-electron chi connectivity index (χ1n) is 4.97. The minimum absolute atomic E-state index is 0.265. The van der Waals surface area contributed by atoms with E-state index in [0.717, 1.165) is 16.5 Å². The number of rotatable bonds is 2. The number of nitrogens with zero attached hydrogens (tertiary/aromatic N) is 1. The summed E-state index contributed by atoms with van der Waals surface area (Å²) in [7, 11) is 0. The van der Waals surface area contributed by atoms with E-state index in [-0.39, 0.29) is 6.04 Å². The molecule has 3 nitrogen and oxygen atoms in total. The van der Waals surface area contributed by atoms with Gasteiger partial charge in [0, 0.05) is 17.6 Å². The summed E-state index contributed by atoms with van der Waals surface area (Å²) in [4.78, 5) is 4.21. The van der Waals surface area contributed by atoms with Crippen LogP contribution in [0.4, 0.5) is 0 Å². The molecular formula is C12H14N2O. The maximum absolute atomic E-state index is 9.81. The van der Waals surface area contributed by atoms with E-state index in [1.54, 1.807) is 13.1 Å². The number of aliphatic hydroxyl groups excluding tert-OH is 1. The van der Waals surface area contributed by atoms with Crippen molar-refractivity contribution in [2.24, 2.45) is 5.73 Å². The van der Waals surface area contributed by atoms with Crippen molar-refractivity contribution in [1.29, 1.82) is 0 Å². The molecule has 0 amide bonds. The Morgan fingerprint density at radius 1 is 1.33 bits per heavy atom. The Morgan fingerprint density at radius 3 is 2.87 bits per heavy atom. The van der Waals surface area contributed by atoms with E-state index in [0.29, 0.717) is 0 Å². The second-order valence-corrected chi connectivity index (χ2v) is 3.76. The summed E-state index contributed by atoms with van der Waals surface area (Å²) < 4.78 is 0. The number of nitrogens with two attached hydrogens (primary N) is 1. The monoisotopic (exact) mass is 202 g/mol. The Balaban J connectivity index is 2.47. The Bertz CT molecular complexity index is 468. The van der Waals surface area contributed by atoms with Crippen LogP contribution in [0.5, 0.6) is 0 Å². The lowest BCUT2D eigenvalue weighted by atomic mass is 10.0. The Morgan fingerprint density at radius 2 is 2.13 bits per heavy atom. The van der Waals surface area contributed by atoms with E-state index in [9.17, 15) is 5.11 Å². The summed E-state index contributed by atoms with van der Waals surface area (Å²) in [5.74, 6) is 0. The van der Waals surface area contributed by atoms with Crippen LogP contribution in [0.3, 0.4) is 0 Å². The van der Waals surface area contributed by atoms with Crippen LogP contribution in [0.15, 0.2) is 36.5 Å². The van der Waals surface area contributed by atoms with Crippen molar-refractivity contribution in [2.45, 2.75) is 19.1 Å². The third-order valence-corrected chi connectivity index (χ3v) is 2.47. The molecule has 2 rings (SSSR count). The van der Waals surface area contributed by atoms with Crippen LogP contribution in [0.1, 0.15) is 18.6 Å². The Hall–Kier alpha value is -1.45. The minimum atomic E-state index is -0.616. The van der Waals surface area contributed by atoms with Gasteiger partial charge in [0.05, 0.1) is 11.6 Å². The molecule has 2 atom stereocenters. The Labute approximate surface area is 88.6 Å².